The zero-order valence-electron chi connectivity index (χ0n) is 11.8. The molecule has 0 aliphatic heterocycles. The maximum Gasteiger partial charge on any atom is 0.121 e. The van der Waals surface area contributed by atoms with Crippen molar-refractivity contribution in [1.82, 2.24) is 0 Å². The lowest BCUT2D eigenvalue weighted by Gasteiger charge is -2.30. The number of nitriles is 1. The van der Waals surface area contributed by atoms with Crippen LogP contribution in [-0.4, -0.2) is 13.2 Å². The van der Waals surface area contributed by atoms with Crippen LogP contribution in [0.15, 0.2) is 18.2 Å². The highest BCUT2D eigenvalue weighted by molar-refractivity contribution is 5.60. The summed E-state index contributed by atoms with van der Waals surface area (Å²) in [6.07, 6.45) is 6.28. The molecule has 3 heteroatoms. The lowest BCUT2D eigenvalue weighted by atomic mass is 9.84. The number of hydrogen-bond donors (Lipinski definition) is 1. The van der Waals surface area contributed by atoms with Gasteiger partial charge in [0, 0.05) is 12.1 Å². The maximum absolute atomic E-state index is 9.18. The molecule has 2 rings (SSSR count). The van der Waals surface area contributed by atoms with Gasteiger partial charge in [0.2, 0.25) is 0 Å². The second kappa shape index (κ2) is 6.47. The van der Waals surface area contributed by atoms with E-state index in [1.165, 1.54) is 32.1 Å². The van der Waals surface area contributed by atoms with Gasteiger partial charge in [0.25, 0.3) is 0 Å². The van der Waals surface area contributed by atoms with Gasteiger partial charge in [0.05, 0.1) is 18.4 Å². The first-order chi connectivity index (χ1) is 9.26. The molecule has 0 spiro atoms. The zero-order chi connectivity index (χ0) is 13.7. The fourth-order valence-electron chi connectivity index (χ4n) is 2.88. The lowest BCUT2D eigenvalue weighted by Crippen LogP contribution is -2.27. The first-order valence-electron chi connectivity index (χ1n) is 7.11. The maximum atomic E-state index is 9.18. The fourth-order valence-corrected chi connectivity index (χ4v) is 2.88. The van der Waals surface area contributed by atoms with Crippen LogP contribution in [0, 0.1) is 17.2 Å². The van der Waals surface area contributed by atoms with E-state index in [0.717, 1.165) is 17.4 Å². The molecule has 1 saturated carbocycles. The third kappa shape index (κ3) is 3.41. The van der Waals surface area contributed by atoms with E-state index in [0.29, 0.717) is 11.6 Å². The van der Waals surface area contributed by atoms with Gasteiger partial charge < -0.3 is 10.1 Å². The number of anilines is 1. The summed E-state index contributed by atoms with van der Waals surface area (Å²) < 4.78 is 5.24. The molecule has 0 saturated heterocycles. The predicted molar refractivity (Wildman–Crippen MR) is 77.4 cm³/mol. The lowest BCUT2D eigenvalue weighted by molar-refractivity contribution is 0.327. The number of rotatable bonds is 4. The summed E-state index contributed by atoms with van der Waals surface area (Å²) in [6, 6.07) is 8.31. The second-order valence-corrected chi connectivity index (χ2v) is 5.31. The van der Waals surface area contributed by atoms with Gasteiger partial charge in [-0.1, -0.05) is 26.2 Å². The van der Waals surface area contributed by atoms with Crippen molar-refractivity contribution in [2.24, 2.45) is 5.92 Å². The first kappa shape index (κ1) is 13.7. The van der Waals surface area contributed by atoms with Crippen LogP contribution in [0.3, 0.4) is 0 Å². The average molecular weight is 258 g/mol. The third-order valence-electron chi connectivity index (χ3n) is 4.07. The van der Waals surface area contributed by atoms with Gasteiger partial charge in [-0.15, -0.1) is 0 Å². The molecular formula is C16H22N2O. The summed E-state index contributed by atoms with van der Waals surface area (Å²) in [5.74, 6) is 1.62. The summed E-state index contributed by atoms with van der Waals surface area (Å²) in [6.45, 7) is 2.26. The first-order valence-corrected chi connectivity index (χ1v) is 7.11. The Bertz CT molecular complexity index is 464. The van der Waals surface area contributed by atoms with Crippen molar-refractivity contribution in [3.63, 3.8) is 0 Å². The Kier molecular flexibility index (Phi) is 4.68. The number of methoxy groups -OCH3 is 1. The molecule has 102 valence electrons. The normalized spacial score (nSPS) is 22.6. The zero-order valence-corrected chi connectivity index (χ0v) is 11.8. The van der Waals surface area contributed by atoms with Crippen LogP contribution < -0.4 is 10.1 Å². The van der Waals surface area contributed by atoms with Crippen molar-refractivity contribution < 1.29 is 4.74 Å². The van der Waals surface area contributed by atoms with E-state index < -0.39 is 0 Å². The van der Waals surface area contributed by atoms with Gasteiger partial charge in [-0.25, -0.2) is 0 Å². The predicted octanol–water partition coefficient (Wildman–Crippen LogP) is 3.95. The molecule has 1 N–H and O–H groups in total. The Balaban J connectivity index is 2.11. The van der Waals surface area contributed by atoms with Crippen LogP contribution in [0.2, 0.25) is 0 Å². The molecule has 1 aliphatic carbocycles. The smallest absolute Gasteiger partial charge is 0.121 e. The van der Waals surface area contributed by atoms with Gasteiger partial charge in [-0.3, -0.25) is 0 Å². The van der Waals surface area contributed by atoms with Crippen LogP contribution in [0.4, 0.5) is 5.69 Å². The van der Waals surface area contributed by atoms with Gasteiger partial charge in [0.15, 0.2) is 0 Å². The van der Waals surface area contributed by atoms with Crippen LogP contribution in [0.25, 0.3) is 0 Å². The summed E-state index contributed by atoms with van der Waals surface area (Å²) in [5.41, 5.74) is 1.60. The number of hydrogen-bond acceptors (Lipinski definition) is 3. The van der Waals surface area contributed by atoms with Gasteiger partial charge in [-0.05, 0) is 30.9 Å². The number of nitrogens with one attached hydrogen (secondary N) is 1. The average Bonchev–Trinajstić information content (AvgIpc) is 2.47. The summed E-state index contributed by atoms with van der Waals surface area (Å²) in [5, 5.41) is 12.7. The second-order valence-electron chi connectivity index (χ2n) is 5.31. The number of ether oxygens (including phenoxy) is 1. The van der Waals surface area contributed by atoms with Crippen molar-refractivity contribution >= 4 is 5.69 Å². The van der Waals surface area contributed by atoms with E-state index in [1.54, 1.807) is 7.11 Å². The van der Waals surface area contributed by atoms with E-state index in [4.69, 9.17) is 4.74 Å². The van der Waals surface area contributed by atoms with Gasteiger partial charge in [-0.2, -0.15) is 5.26 Å². The summed E-state index contributed by atoms with van der Waals surface area (Å²) in [7, 11) is 1.65. The minimum absolute atomic E-state index is 0.484. The van der Waals surface area contributed by atoms with Crippen molar-refractivity contribution in [2.45, 2.75) is 45.1 Å². The van der Waals surface area contributed by atoms with Gasteiger partial charge >= 0.3 is 0 Å². The van der Waals surface area contributed by atoms with Gasteiger partial charge in [0.1, 0.15) is 11.8 Å². The number of nitrogens with zero attached hydrogens (tertiary/aromatic N) is 1. The monoisotopic (exact) mass is 258 g/mol. The minimum Gasteiger partial charge on any atom is -0.497 e. The fraction of sp³-hybridized carbons (Fsp3) is 0.562. The molecule has 3 nitrogen and oxygen atoms in total. The molecule has 0 heterocycles. The van der Waals surface area contributed by atoms with Crippen molar-refractivity contribution in [2.75, 3.05) is 12.4 Å². The van der Waals surface area contributed by atoms with E-state index in [2.05, 4.69) is 18.3 Å². The highest BCUT2D eigenvalue weighted by Crippen LogP contribution is 2.30. The Morgan fingerprint density at radius 3 is 2.95 bits per heavy atom. The molecule has 1 aromatic carbocycles. The highest BCUT2D eigenvalue weighted by atomic mass is 16.5. The molecule has 1 fully saturated rings. The molecule has 0 amide bonds. The Morgan fingerprint density at radius 2 is 2.26 bits per heavy atom. The summed E-state index contributed by atoms with van der Waals surface area (Å²) >= 11 is 0. The van der Waals surface area contributed by atoms with E-state index in [1.807, 2.05) is 18.2 Å². The minimum atomic E-state index is 0.484. The Morgan fingerprint density at radius 1 is 1.42 bits per heavy atom. The quantitative estimate of drug-likeness (QED) is 0.889. The summed E-state index contributed by atoms with van der Waals surface area (Å²) in [4.78, 5) is 0. The SMILES string of the molecule is CCC1CCCC(Nc2cc(OC)ccc2C#N)C1. The van der Waals surface area contributed by atoms with Crippen LogP contribution in [-0.2, 0) is 0 Å². The molecule has 1 aliphatic rings. The van der Waals surface area contributed by atoms with Crippen LogP contribution in [0.5, 0.6) is 5.75 Å². The molecule has 2 atom stereocenters. The topological polar surface area (TPSA) is 45.0 Å². The molecule has 0 radical (unpaired) electrons. The Hall–Kier alpha value is -1.69. The molecule has 19 heavy (non-hydrogen) atoms. The van der Waals surface area contributed by atoms with Crippen LogP contribution >= 0.6 is 0 Å². The number of benzene rings is 1. The largest absolute Gasteiger partial charge is 0.497 e. The van der Waals surface area contributed by atoms with Crippen molar-refractivity contribution in [3.8, 4) is 11.8 Å². The van der Waals surface area contributed by atoms with Crippen molar-refractivity contribution in [1.29, 1.82) is 5.26 Å². The molecule has 2 unspecified atom stereocenters. The molecule has 0 bridgehead atoms. The molecule has 1 aromatic rings. The van der Waals surface area contributed by atoms with E-state index in [-0.39, 0.29) is 0 Å². The van der Waals surface area contributed by atoms with E-state index >= 15 is 0 Å². The van der Waals surface area contributed by atoms with E-state index in [9.17, 15) is 5.26 Å². The standard InChI is InChI=1S/C16H22N2O/c1-3-12-5-4-6-14(9-12)18-16-10-15(19-2)8-7-13(16)11-17/h7-8,10,12,14,18H,3-6,9H2,1-2H3. The molecular weight excluding hydrogens is 236 g/mol. The van der Waals surface area contributed by atoms with Crippen LogP contribution in [0.1, 0.15) is 44.6 Å². The molecule has 0 aromatic heterocycles. The Labute approximate surface area is 115 Å². The third-order valence-corrected chi connectivity index (χ3v) is 4.07. The van der Waals surface area contributed by atoms with Crippen molar-refractivity contribution in [3.05, 3.63) is 23.8 Å². The highest BCUT2D eigenvalue weighted by Gasteiger charge is 2.21.